The minimum absolute atomic E-state index is 0.00507. The Bertz CT molecular complexity index is 1460. The number of rotatable bonds is 11. The van der Waals surface area contributed by atoms with E-state index in [1.807, 2.05) is 24.3 Å². The summed E-state index contributed by atoms with van der Waals surface area (Å²) in [5.41, 5.74) is 1.10. The van der Waals surface area contributed by atoms with Crippen molar-refractivity contribution in [3.05, 3.63) is 71.8 Å². The Morgan fingerprint density at radius 1 is 1.08 bits per heavy atom. The van der Waals surface area contributed by atoms with E-state index in [4.69, 9.17) is 21.1 Å². The Kier molecular flexibility index (Phi) is 8.80. The number of anilines is 1. The van der Waals surface area contributed by atoms with Gasteiger partial charge in [0.05, 0.1) is 35.0 Å². The van der Waals surface area contributed by atoms with E-state index < -0.39 is 22.5 Å². The number of ether oxygens (including phenoxy) is 2. The van der Waals surface area contributed by atoms with E-state index >= 15 is 0 Å². The number of amides is 1. The monoisotopic (exact) mass is 577 g/mol. The maximum atomic E-state index is 13.6. The molecule has 0 fully saturated rings. The van der Waals surface area contributed by atoms with Crippen molar-refractivity contribution in [3.8, 4) is 11.5 Å². The predicted octanol–water partition coefficient (Wildman–Crippen LogP) is 5.07. The molecule has 0 saturated heterocycles. The Morgan fingerprint density at radius 3 is 2.54 bits per heavy atom. The van der Waals surface area contributed by atoms with Crippen LogP contribution in [0.25, 0.3) is 10.2 Å². The zero-order chi connectivity index (χ0) is 26.4. The number of hydrogen-bond donors (Lipinski definition) is 1. The van der Waals surface area contributed by atoms with Crippen molar-refractivity contribution in [1.82, 2.24) is 10.3 Å². The molecular weight excluding hydrogens is 554 g/mol. The summed E-state index contributed by atoms with van der Waals surface area (Å²) < 4.78 is 40.8. The maximum Gasteiger partial charge on any atom is 0.264 e. The third-order valence-corrected chi connectivity index (χ3v) is 9.46. The average Bonchev–Trinajstić information content (AvgIpc) is 3.32. The van der Waals surface area contributed by atoms with Gasteiger partial charge in [0.2, 0.25) is 5.91 Å². The number of hydrogen-bond acceptors (Lipinski definition) is 8. The maximum absolute atomic E-state index is 13.6. The van der Waals surface area contributed by atoms with Crippen molar-refractivity contribution in [2.24, 2.45) is 0 Å². The average molecular weight is 578 g/mol. The van der Waals surface area contributed by atoms with Crippen molar-refractivity contribution in [2.75, 3.05) is 37.4 Å². The molecule has 0 spiro atoms. The summed E-state index contributed by atoms with van der Waals surface area (Å²) in [7, 11) is -1.23. The lowest BCUT2D eigenvalue weighted by Crippen LogP contribution is -2.41. The minimum Gasteiger partial charge on any atom is -0.497 e. The second-order valence-electron chi connectivity index (χ2n) is 7.65. The molecule has 0 bridgehead atoms. The van der Waals surface area contributed by atoms with Gasteiger partial charge < -0.3 is 14.8 Å². The van der Waals surface area contributed by atoms with E-state index in [2.05, 4.69) is 10.3 Å². The molecular formula is C25H24ClN3O5S3. The number of carbonyl (C=O) groups excluding carboxylic acids is 1. The van der Waals surface area contributed by atoms with Gasteiger partial charge in [0.25, 0.3) is 10.0 Å². The number of thioether (sulfide) groups is 1. The fourth-order valence-corrected chi connectivity index (χ4v) is 7.04. The smallest absolute Gasteiger partial charge is 0.264 e. The Labute approximate surface area is 228 Å². The molecule has 4 rings (SSSR count). The fourth-order valence-electron chi connectivity index (χ4n) is 3.46. The van der Waals surface area contributed by atoms with Gasteiger partial charge in [0.1, 0.15) is 18.0 Å². The quantitative estimate of drug-likeness (QED) is 0.196. The molecule has 0 aliphatic carbocycles. The molecule has 0 aliphatic rings. The van der Waals surface area contributed by atoms with Crippen LogP contribution in [0.1, 0.15) is 0 Å². The van der Waals surface area contributed by atoms with Gasteiger partial charge in [-0.3, -0.25) is 9.10 Å². The number of para-hydroxylation sites is 1. The third kappa shape index (κ3) is 6.48. The minimum atomic E-state index is -4.15. The first-order valence-corrected chi connectivity index (χ1v) is 14.7. The molecule has 1 aromatic heterocycles. The van der Waals surface area contributed by atoms with Crippen LogP contribution in [-0.2, 0) is 14.8 Å². The fraction of sp³-hybridized carbons (Fsp3) is 0.200. The number of sulfonamides is 1. The van der Waals surface area contributed by atoms with Crippen LogP contribution in [0.3, 0.4) is 0 Å². The zero-order valence-electron chi connectivity index (χ0n) is 20.0. The lowest BCUT2D eigenvalue weighted by molar-refractivity contribution is -0.119. The number of halogens is 1. The highest BCUT2D eigenvalue weighted by atomic mass is 35.5. The van der Waals surface area contributed by atoms with Gasteiger partial charge in [0.15, 0.2) is 4.34 Å². The summed E-state index contributed by atoms with van der Waals surface area (Å²) in [5.74, 6) is 0.885. The van der Waals surface area contributed by atoms with Gasteiger partial charge in [-0.2, -0.15) is 0 Å². The summed E-state index contributed by atoms with van der Waals surface area (Å²) >= 11 is 9.30. The van der Waals surface area contributed by atoms with Gasteiger partial charge >= 0.3 is 0 Å². The van der Waals surface area contributed by atoms with Crippen LogP contribution in [0, 0.1) is 0 Å². The summed E-state index contributed by atoms with van der Waals surface area (Å²) in [5, 5.41) is 3.10. The Hall–Kier alpha value is -2.99. The first kappa shape index (κ1) is 27.1. The van der Waals surface area contributed by atoms with Crippen LogP contribution in [0.15, 0.2) is 76.0 Å². The van der Waals surface area contributed by atoms with Gasteiger partial charge in [-0.05, 0) is 54.6 Å². The zero-order valence-corrected chi connectivity index (χ0v) is 23.2. The second kappa shape index (κ2) is 12.0. The summed E-state index contributed by atoms with van der Waals surface area (Å²) in [6, 6.07) is 18.4. The molecule has 4 aromatic rings. The molecule has 3 aromatic carbocycles. The van der Waals surface area contributed by atoms with Crippen LogP contribution >= 0.6 is 34.7 Å². The van der Waals surface area contributed by atoms with Crippen molar-refractivity contribution in [2.45, 2.75) is 9.24 Å². The van der Waals surface area contributed by atoms with Crippen LogP contribution in [0.2, 0.25) is 5.02 Å². The Morgan fingerprint density at radius 2 is 1.84 bits per heavy atom. The molecule has 0 unspecified atom stereocenters. The van der Waals surface area contributed by atoms with E-state index in [0.717, 1.165) is 18.9 Å². The SMILES string of the molecule is COc1ccc(S(=O)(=O)N(CC(=O)NCCSc2nc3ccccc3s2)c2cc(Cl)ccc2OC)cc1. The van der Waals surface area contributed by atoms with Crippen molar-refractivity contribution >= 4 is 66.5 Å². The lowest BCUT2D eigenvalue weighted by Gasteiger charge is -2.26. The first-order valence-electron chi connectivity index (χ1n) is 11.1. The highest BCUT2D eigenvalue weighted by Gasteiger charge is 2.29. The van der Waals surface area contributed by atoms with Crippen molar-refractivity contribution in [1.29, 1.82) is 0 Å². The number of thiazole rings is 1. The van der Waals surface area contributed by atoms with Crippen molar-refractivity contribution < 1.29 is 22.7 Å². The van der Waals surface area contributed by atoms with Gasteiger partial charge in [-0.1, -0.05) is 35.5 Å². The van der Waals surface area contributed by atoms with E-state index in [0.29, 0.717) is 23.1 Å². The summed E-state index contributed by atoms with van der Waals surface area (Å²) in [6.07, 6.45) is 0. The first-order chi connectivity index (χ1) is 17.8. The Balaban J connectivity index is 1.49. The van der Waals surface area contributed by atoms with E-state index in [9.17, 15) is 13.2 Å². The largest absolute Gasteiger partial charge is 0.497 e. The molecule has 1 amide bonds. The number of carbonyl (C=O) groups is 1. The topological polar surface area (TPSA) is 97.8 Å². The lowest BCUT2D eigenvalue weighted by atomic mass is 10.3. The number of nitrogens with zero attached hydrogens (tertiary/aromatic N) is 2. The summed E-state index contributed by atoms with van der Waals surface area (Å²) in [6.45, 7) is -0.126. The molecule has 1 N–H and O–H groups in total. The second-order valence-corrected chi connectivity index (χ2v) is 12.3. The molecule has 1 heterocycles. The molecule has 0 atom stereocenters. The molecule has 37 heavy (non-hydrogen) atoms. The predicted molar refractivity (Wildman–Crippen MR) is 149 cm³/mol. The molecule has 12 heteroatoms. The van der Waals surface area contributed by atoms with E-state index in [-0.39, 0.29) is 16.3 Å². The number of aromatic nitrogens is 1. The van der Waals surface area contributed by atoms with Gasteiger partial charge in [0, 0.05) is 17.3 Å². The number of methoxy groups -OCH3 is 2. The van der Waals surface area contributed by atoms with Crippen LogP contribution < -0.4 is 19.1 Å². The third-order valence-electron chi connectivity index (χ3n) is 5.27. The number of benzene rings is 3. The molecule has 0 aliphatic heterocycles. The number of fused-ring (bicyclic) bond motifs is 1. The standard InChI is InChI=1S/C25H24ClN3O5S3/c1-33-18-8-10-19(11-9-18)37(31,32)29(21-15-17(26)7-12-22(21)34-2)16-24(30)27-13-14-35-25-28-20-5-3-4-6-23(20)36-25/h3-12,15H,13-14,16H2,1-2H3,(H,27,30). The molecule has 8 nitrogen and oxygen atoms in total. The van der Waals surface area contributed by atoms with E-state index in [1.54, 1.807) is 35.6 Å². The summed E-state index contributed by atoms with van der Waals surface area (Å²) in [4.78, 5) is 17.5. The highest BCUT2D eigenvalue weighted by Crippen LogP contribution is 2.35. The number of nitrogens with one attached hydrogen (secondary N) is 1. The van der Waals surface area contributed by atoms with Gasteiger partial charge in [-0.15, -0.1) is 11.3 Å². The molecule has 0 saturated carbocycles. The van der Waals surface area contributed by atoms with Gasteiger partial charge in [-0.25, -0.2) is 13.4 Å². The van der Waals surface area contributed by atoms with Crippen LogP contribution in [-0.4, -0.2) is 52.4 Å². The molecule has 194 valence electrons. The van der Waals surface area contributed by atoms with Crippen LogP contribution in [0.4, 0.5) is 5.69 Å². The van der Waals surface area contributed by atoms with Crippen molar-refractivity contribution in [3.63, 3.8) is 0 Å². The van der Waals surface area contributed by atoms with E-state index in [1.165, 1.54) is 44.2 Å². The molecule has 0 radical (unpaired) electrons. The normalized spacial score (nSPS) is 11.3. The van der Waals surface area contributed by atoms with Crippen LogP contribution in [0.5, 0.6) is 11.5 Å². The highest BCUT2D eigenvalue weighted by molar-refractivity contribution is 8.01.